The zero-order valence-electron chi connectivity index (χ0n) is 24.1. The van der Waals surface area contributed by atoms with Crippen LogP contribution in [-0.4, -0.2) is 41.0 Å². The number of unbranched alkanes of at least 4 members (excludes halogenated alkanes) is 4. The van der Waals surface area contributed by atoms with Gasteiger partial charge in [-0.3, -0.25) is 9.59 Å². The molecule has 208 valence electrons. The largest absolute Gasteiger partial charge is 0.444 e. The predicted octanol–water partition coefficient (Wildman–Crippen LogP) is 6.70. The third-order valence-electron chi connectivity index (χ3n) is 6.34. The van der Waals surface area contributed by atoms with Gasteiger partial charge >= 0.3 is 6.09 Å². The summed E-state index contributed by atoms with van der Waals surface area (Å²) in [6.07, 6.45) is 4.34. The summed E-state index contributed by atoms with van der Waals surface area (Å²) < 4.78 is 5.37. The van der Waals surface area contributed by atoms with Gasteiger partial charge in [0, 0.05) is 12.2 Å². The lowest BCUT2D eigenvalue weighted by molar-refractivity contribution is -0.140. The quantitative estimate of drug-likeness (QED) is 0.303. The molecule has 3 amide bonds. The van der Waals surface area contributed by atoms with E-state index in [1.807, 2.05) is 62.4 Å². The van der Waals surface area contributed by atoms with Gasteiger partial charge in [-0.25, -0.2) is 4.79 Å². The number of ether oxygens (including phenoxy) is 1. The third-order valence-corrected chi connectivity index (χ3v) is 6.34. The van der Waals surface area contributed by atoms with E-state index in [0.717, 1.165) is 48.8 Å². The van der Waals surface area contributed by atoms with Crippen LogP contribution >= 0.6 is 0 Å². The standard InChI is InChI=1S/C31H45N3O4/c1-8-9-10-11-16-21-34(29(36)24(4)32-30(37)38-31(5,6)7)27(25-19-14-12-17-22(25)2)28(35)33-26-20-15-13-18-23(26)3/h12-15,17-20,24,27H,8-11,16,21H2,1-7H3,(H,32,37)(H,33,35). The minimum Gasteiger partial charge on any atom is -0.444 e. The van der Waals surface area contributed by atoms with Crippen LogP contribution in [0.1, 0.15) is 89.5 Å². The van der Waals surface area contributed by atoms with Crippen molar-refractivity contribution >= 4 is 23.6 Å². The molecule has 0 spiro atoms. The Morgan fingerprint density at radius 1 is 0.895 bits per heavy atom. The number of rotatable bonds is 12. The summed E-state index contributed by atoms with van der Waals surface area (Å²) in [6, 6.07) is 13.5. The second kappa shape index (κ2) is 14.6. The van der Waals surface area contributed by atoms with Gasteiger partial charge in [-0.05, 0) is 70.7 Å². The van der Waals surface area contributed by atoms with Crippen LogP contribution in [0.5, 0.6) is 0 Å². The topological polar surface area (TPSA) is 87.7 Å². The van der Waals surface area contributed by atoms with Crippen molar-refractivity contribution in [2.24, 2.45) is 0 Å². The van der Waals surface area contributed by atoms with E-state index in [2.05, 4.69) is 17.6 Å². The van der Waals surface area contributed by atoms with Gasteiger partial charge in [0.25, 0.3) is 5.91 Å². The van der Waals surface area contributed by atoms with Crippen LogP contribution in [0.25, 0.3) is 0 Å². The average Bonchev–Trinajstić information content (AvgIpc) is 2.83. The summed E-state index contributed by atoms with van der Waals surface area (Å²) in [4.78, 5) is 41.9. The molecule has 7 heteroatoms. The smallest absolute Gasteiger partial charge is 0.408 e. The van der Waals surface area contributed by atoms with Gasteiger partial charge in [0.2, 0.25) is 5.91 Å². The number of nitrogens with zero attached hydrogens (tertiary/aromatic N) is 1. The number of anilines is 1. The fourth-order valence-electron chi connectivity index (χ4n) is 4.31. The van der Waals surface area contributed by atoms with Crippen LogP contribution in [-0.2, 0) is 14.3 Å². The molecule has 0 radical (unpaired) electrons. The lowest BCUT2D eigenvalue weighted by atomic mass is 9.97. The predicted molar refractivity (Wildman–Crippen MR) is 153 cm³/mol. The van der Waals surface area contributed by atoms with Crippen LogP contribution < -0.4 is 10.6 Å². The molecule has 0 heterocycles. The van der Waals surface area contributed by atoms with E-state index in [0.29, 0.717) is 12.2 Å². The lowest BCUT2D eigenvalue weighted by Gasteiger charge is -2.34. The second-order valence-corrected chi connectivity index (χ2v) is 10.9. The van der Waals surface area contributed by atoms with E-state index in [4.69, 9.17) is 4.74 Å². The highest BCUT2D eigenvalue weighted by Crippen LogP contribution is 2.28. The molecule has 38 heavy (non-hydrogen) atoms. The number of hydrogen-bond acceptors (Lipinski definition) is 4. The summed E-state index contributed by atoms with van der Waals surface area (Å²) >= 11 is 0. The van der Waals surface area contributed by atoms with E-state index < -0.39 is 23.8 Å². The fourth-order valence-corrected chi connectivity index (χ4v) is 4.31. The molecule has 2 aromatic carbocycles. The Bertz CT molecular complexity index is 1080. The monoisotopic (exact) mass is 523 g/mol. The SMILES string of the molecule is CCCCCCCN(C(=O)C(C)NC(=O)OC(C)(C)C)C(C(=O)Nc1ccccc1C)c1ccccc1C. The highest BCUT2D eigenvalue weighted by atomic mass is 16.6. The van der Waals surface area contributed by atoms with Crippen molar-refractivity contribution < 1.29 is 19.1 Å². The van der Waals surface area contributed by atoms with Crippen LogP contribution in [0.4, 0.5) is 10.5 Å². The number of carbonyl (C=O) groups is 3. The molecule has 0 aliphatic heterocycles. The number of hydrogen-bond donors (Lipinski definition) is 2. The molecular formula is C31H45N3O4. The maximum Gasteiger partial charge on any atom is 0.408 e. The summed E-state index contributed by atoms with van der Waals surface area (Å²) in [7, 11) is 0. The first-order chi connectivity index (χ1) is 17.9. The van der Waals surface area contributed by atoms with E-state index >= 15 is 0 Å². The lowest BCUT2D eigenvalue weighted by Crippen LogP contribution is -2.51. The minimum atomic E-state index is -0.877. The Hall–Kier alpha value is -3.35. The van der Waals surface area contributed by atoms with Crippen molar-refractivity contribution in [3.8, 4) is 0 Å². The molecule has 0 fully saturated rings. The Morgan fingerprint density at radius 3 is 2.11 bits per heavy atom. The van der Waals surface area contributed by atoms with Gasteiger partial charge in [0.05, 0.1) is 0 Å². The Labute approximate surface area is 228 Å². The van der Waals surface area contributed by atoms with Gasteiger partial charge in [0.1, 0.15) is 17.7 Å². The number of alkyl carbamates (subject to hydrolysis) is 1. The molecule has 2 aromatic rings. The van der Waals surface area contributed by atoms with Gasteiger partial charge < -0.3 is 20.3 Å². The van der Waals surface area contributed by atoms with Gasteiger partial charge in [-0.2, -0.15) is 0 Å². The van der Waals surface area contributed by atoms with Crippen molar-refractivity contribution in [3.05, 3.63) is 65.2 Å². The number of benzene rings is 2. The number of carbonyl (C=O) groups excluding carboxylic acids is 3. The molecule has 0 aliphatic rings. The fraction of sp³-hybridized carbons (Fsp3) is 0.516. The molecular weight excluding hydrogens is 478 g/mol. The molecule has 0 saturated carbocycles. The molecule has 2 atom stereocenters. The van der Waals surface area contributed by atoms with Gasteiger partial charge in [-0.1, -0.05) is 75.1 Å². The average molecular weight is 524 g/mol. The van der Waals surface area contributed by atoms with Crippen molar-refractivity contribution in [1.82, 2.24) is 10.2 Å². The number of amides is 3. The van der Waals surface area contributed by atoms with E-state index in [1.54, 1.807) is 32.6 Å². The van der Waals surface area contributed by atoms with Crippen LogP contribution in [0.15, 0.2) is 48.5 Å². The Morgan fingerprint density at radius 2 is 1.50 bits per heavy atom. The summed E-state index contributed by atoms with van der Waals surface area (Å²) in [5.74, 6) is -0.625. The van der Waals surface area contributed by atoms with Crippen LogP contribution in [0.2, 0.25) is 0 Å². The molecule has 2 rings (SSSR count). The number of aryl methyl sites for hydroxylation is 2. The van der Waals surface area contributed by atoms with Gasteiger partial charge in [-0.15, -0.1) is 0 Å². The normalized spacial score (nSPS) is 12.8. The Kier molecular flexibility index (Phi) is 11.8. The minimum absolute atomic E-state index is 0.292. The molecule has 0 aliphatic carbocycles. The first-order valence-electron chi connectivity index (χ1n) is 13.7. The zero-order valence-corrected chi connectivity index (χ0v) is 24.1. The molecule has 2 N–H and O–H groups in total. The summed E-state index contributed by atoms with van der Waals surface area (Å²) in [5.41, 5.74) is 2.61. The Balaban J connectivity index is 2.43. The molecule has 0 aromatic heterocycles. The summed E-state index contributed by atoms with van der Waals surface area (Å²) in [6.45, 7) is 13.4. The van der Waals surface area contributed by atoms with Crippen LogP contribution in [0, 0.1) is 13.8 Å². The number of nitrogens with one attached hydrogen (secondary N) is 2. The van der Waals surface area contributed by atoms with E-state index in [9.17, 15) is 14.4 Å². The van der Waals surface area contributed by atoms with Crippen molar-refractivity contribution in [2.75, 3.05) is 11.9 Å². The van der Waals surface area contributed by atoms with E-state index in [-0.39, 0.29) is 11.8 Å². The van der Waals surface area contributed by atoms with Crippen molar-refractivity contribution in [3.63, 3.8) is 0 Å². The molecule has 2 unspecified atom stereocenters. The molecule has 0 bridgehead atoms. The second-order valence-electron chi connectivity index (χ2n) is 10.9. The van der Waals surface area contributed by atoms with E-state index in [1.165, 1.54) is 0 Å². The summed E-state index contributed by atoms with van der Waals surface area (Å²) in [5, 5.41) is 5.71. The maximum absolute atomic E-state index is 13.9. The zero-order chi connectivity index (χ0) is 28.3. The highest BCUT2D eigenvalue weighted by Gasteiger charge is 2.35. The van der Waals surface area contributed by atoms with Crippen molar-refractivity contribution in [1.29, 1.82) is 0 Å². The third kappa shape index (κ3) is 9.51. The van der Waals surface area contributed by atoms with Crippen molar-refractivity contribution in [2.45, 2.75) is 98.3 Å². The number of para-hydroxylation sites is 1. The molecule has 0 saturated heterocycles. The molecule has 7 nitrogen and oxygen atoms in total. The maximum atomic E-state index is 13.9. The van der Waals surface area contributed by atoms with Crippen LogP contribution in [0.3, 0.4) is 0 Å². The first-order valence-corrected chi connectivity index (χ1v) is 13.7. The first kappa shape index (κ1) is 30.9. The van der Waals surface area contributed by atoms with Gasteiger partial charge in [0.15, 0.2) is 0 Å². The highest BCUT2D eigenvalue weighted by molar-refractivity contribution is 5.99.